The molecule has 0 saturated carbocycles. The van der Waals surface area contributed by atoms with Crippen LogP contribution in [0, 0.1) is 23.2 Å². The summed E-state index contributed by atoms with van der Waals surface area (Å²) in [6, 6.07) is 8.73. The van der Waals surface area contributed by atoms with Crippen LogP contribution < -0.4 is 4.90 Å². The van der Waals surface area contributed by atoms with Crippen molar-refractivity contribution in [1.82, 2.24) is 4.98 Å². The van der Waals surface area contributed by atoms with E-state index >= 15 is 0 Å². The molecule has 0 unspecified atom stereocenters. The predicted octanol–water partition coefficient (Wildman–Crippen LogP) is 1.52. The average molecular weight is 363 g/mol. The van der Waals surface area contributed by atoms with E-state index in [0.29, 0.717) is 28.6 Å². The van der Waals surface area contributed by atoms with Gasteiger partial charge >= 0.3 is 0 Å². The van der Waals surface area contributed by atoms with Gasteiger partial charge in [-0.15, -0.1) is 0 Å². The minimum absolute atomic E-state index is 0.321. The van der Waals surface area contributed by atoms with Crippen LogP contribution in [0.1, 0.15) is 25.8 Å². The fraction of sp³-hybridized carbons (Fsp3) is 0.400. The van der Waals surface area contributed by atoms with Crippen molar-refractivity contribution in [2.45, 2.75) is 37.6 Å². The minimum Gasteiger partial charge on any atom is -0.390 e. The van der Waals surface area contributed by atoms with Crippen LogP contribution in [0.4, 0.5) is 5.69 Å². The lowest BCUT2D eigenvalue weighted by atomic mass is 9.67. The summed E-state index contributed by atoms with van der Waals surface area (Å²) in [6.07, 6.45) is 1.11. The summed E-state index contributed by atoms with van der Waals surface area (Å²) in [7, 11) is 0. The van der Waals surface area contributed by atoms with Crippen molar-refractivity contribution < 1.29 is 19.4 Å². The standard InChI is InChI=1S/C20H17N3O4/c1-19-8-13(24)20(2,27-19)15-14(19)17(25)23(18(15)26)12-6-5-10(9-21)16-11(12)4-3-7-22-16/h3-7,13-15,24H,8H2,1-2H3/t13-,14+,15-,19+,20-/m0/s1. The Kier molecular flexibility index (Phi) is 2.98. The molecule has 0 aliphatic carbocycles. The molecule has 5 atom stereocenters. The first-order valence-electron chi connectivity index (χ1n) is 8.86. The summed E-state index contributed by atoms with van der Waals surface area (Å²) in [5.41, 5.74) is -0.677. The molecule has 7 nitrogen and oxygen atoms in total. The van der Waals surface area contributed by atoms with Crippen molar-refractivity contribution in [2.24, 2.45) is 11.8 Å². The first kappa shape index (κ1) is 16.4. The molecule has 4 heterocycles. The highest BCUT2D eigenvalue weighted by Crippen LogP contribution is 2.61. The van der Waals surface area contributed by atoms with Gasteiger partial charge in [-0.05, 0) is 38.1 Å². The lowest BCUT2D eigenvalue weighted by molar-refractivity contribution is -0.132. The van der Waals surface area contributed by atoms with Gasteiger partial charge in [-0.1, -0.05) is 0 Å². The first-order chi connectivity index (χ1) is 12.8. The van der Waals surface area contributed by atoms with E-state index in [-0.39, 0.29) is 11.8 Å². The topological polar surface area (TPSA) is 104 Å². The number of hydrogen-bond donors (Lipinski definition) is 1. The molecule has 2 aromatic rings. The summed E-state index contributed by atoms with van der Waals surface area (Å²) >= 11 is 0. The maximum atomic E-state index is 13.3. The zero-order valence-electron chi connectivity index (χ0n) is 14.8. The molecule has 3 aliphatic heterocycles. The predicted molar refractivity (Wildman–Crippen MR) is 94.4 cm³/mol. The Labute approximate surface area is 155 Å². The van der Waals surface area contributed by atoms with Gasteiger partial charge in [0.05, 0.1) is 40.3 Å². The number of hydrogen-bond acceptors (Lipinski definition) is 6. The van der Waals surface area contributed by atoms with E-state index in [1.54, 1.807) is 44.3 Å². The number of benzene rings is 1. The molecule has 5 rings (SSSR count). The van der Waals surface area contributed by atoms with Crippen LogP contribution in [0.5, 0.6) is 0 Å². The molecule has 0 spiro atoms. The number of aromatic nitrogens is 1. The zero-order valence-corrected chi connectivity index (χ0v) is 14.8. The summed E-state index contributed by atoms with van der Waals surface area (Å²) in [5, 5.41) is 20.3. The summed E-state index contributed by atoms with van der Waals surface area (Å²) < 4.78 is 6.00. The molecule has 7 heteroatoms. The average Bonchev–Trinajstić information content (AvgIpc) is 3.15. The molecular weight excluding hydrogens is 346 g/mol. The SMILES string of the molecule is C[C@]12O[C@](C)(C[C@@H]1O)[C@H]1C(=O)N(c3ccc(C#N)c4ncccc34)C(=O)[C@H]12. The van der Waals surface area contributed by atoms with Gasteiger partial charge in [-0.25, -0.2) is 4.90 Å². The number of carbonyl (C=O) groups is 2. The van der Waals surface area contributed by atoms with Gasteiger partial charge in [0.1, 0.15) is 11.7 Å². The van der Waals surface area contributed by atoms with Gasteiger partial charge in [-0.2, -0.15) is 5.26 Å². The molecular formula is C20H17N3O4. The van der Waals surface area contributed by atoms with Crippen LogP contribution >= 0.6 is 0 Å². The summed E-state index contributed by atoms with van der Waals surface area (Å²) in [4.78, 5) is 32.0. The molecule has 3 saturated heterocycles. The number of rotatable bonds is 1. The number of carbonyl (C=O) groups excluding carboxylic acids is 2. The van der Waals surface area contributed by atoms with Crippen LogP contribution in [0.15, 0.2) is 30.5 Å². The van der Waals surface area contributed by atoms with Gasteiger partial charge in [-0.3, -0.25) is 14.6 Å². The third-order valence-electron chi connectivity index (χ3n) is 6.40. The van der Waals surface area contributed by atoms with Gasteiger partial charge < -0.3 is 9.84 Å². The number of ether oxygens (including phenoxy) is 1. The highest BCUT2D eigenvalue weighted by atomic mass is 16.6. The Bertz CT molecular complexity index is 1080. The number of nitriles is 1. The van der Waals surface area contributed by atoms with E-state index in [4.69, 9.17) is 4.74 Å². The summed E-state index contributed by atoms with van der Waals surface area (Å²) in [5.74, 6) is -2.04. The van der Waals surface area contributed by atoms with Crippen molar-refractivity contribution in [2.75, 3.05) is 4.90 Å². The second-order valence-electron chi connectivity index (χ2n) is 7.93. The van der Waals surface area contributed by atoms with Crippen molar-refractivity contribution in [3.05, 3.63) is 36.0 Å². The molecule has 2 amide bonds. The van der Waals surface area contributed by atoms with E-state index in [2.05, 4.69) is 11.1 Å². The molecule has 136 valence electrons. The number of nitrogens with zero attached hydrogens (tertiary/aromatic N) is 3. The Hall–Kier alpha value is -2.82. The number of pyridine rings is 1. The number of anilines is 1. The molecule has 1 aromatic carbocycles. The normalized spacial score (nSPS) is 37.1. The Morgan fingerprint density at radius 2 is 2.00 bits per heavy atom. The molecule has 1 aromatic heterocycles. The van der Waals surface area contributed by atoms with Crippen molar-refractivity contribution in [3.8, 4) is 6.07 Å². The van der Waals surface area contributed by atoms with Crippen LogP contribution in [0.3, 0.4) is 0 Å². The quantitative estimate of drug-likeness (QED) is 0.771. The lowest BCUT2D eigenvalue weighted by Crippen LogP contribution is -2.49. The Balaban J connectivity index is 1.69. The maximum Gasteiger partial charge on any atom is 0.240 e. The second-order valence-corrected chi connectivity index (χ2v) is 7.93. The number of fused-ring (bicyclic) bond motifs is 6. The van der Waals surface area contributed by atoms with Crippen LogP contribution in [0.25, 0.3) is 10.9 Å². The van der Waals surface area contributed by atoms with Crippen molar-refractivity contribution in [3.63, 3.8) is 0 Å². The minimum atomic E-state index is -1.07. The van der Waals surface area contributed by atoms with E-state index in [1.165, 1.54) is 4.90 Å². The molecule has 3 aliphatic rings. The van der Waals surface area contributed by atoms with Gasteiger partial charge in [0.2, 0.25) is 11.8 Å². The van der Waals surface area contributed by atoms with E-state index in [9.17, 15) is 20.0 Å². The van der Waals surface area contributed by atoms with Crippen LogP contribution in [-0.4, -0.2) is 39.2 Å². The fourth-order valence-corrected chi connectivity index (χ4v) is 5.20. The first-order valence-corrected chi connectivity index (χ1v) is 8.86. The summed E-state index contributed by atoms with van der Waals surface area (Å²) in [6.45, 7) is 3.50. The second kappa shape index (κ2) is 4.91. The third kappa shape index (κ3) is 1.79. The Morgan fingerprint density at radius 1 is 1.26 bits per heavy atom. The van der Waals surface area contributed by atoms with E-state index < -0.39 is 29.1 Å². The maximum absolute atomic E-state index is 13.3. The largest absolute Gasteiger partial charge is 0.390 e. The highest BCUT2D eigenvalue weighted by Gasteiger charge is 2.75. The third-order valence-corrected chi connectivity index (χ3v) is 6.40. The van der Waals surface area contributed by atoms with E-state index in [0.717, 1.165) is 0 Å². The van der Waals surface area contributed by atoms with Gasteiger partial charge in [0, 0.05) is 18.0 Å². The van der Waals surface area contributed by atoms with Crippen molar-refractivity contribution in [1.29, 1.82) is 5.26 Å². The Morgan fingerprint density at radius 3 is 2.74 bits per heavy atom. The lowest BCUT2D eigenvalue weighted by Gasteiger charge is -2.31. The number of aliphatic hydroxyl groups excluding tert-OH is 1. The van der Waals surface area contributed by atoms with Crippen LogP contribution in [0.2, 0.25) is 0 Å². The zero-order chi connectivity index (χ0) is 19.1. The van der Waals surface area contributed by atoms with Crippen LogP contribution in [-0.2, 0) is 14.3 Å². The molecule has 3 fully saturated rings. The van der Waals surface area contributed by atoms with E-state index in [1.807, 2.05) is 0 Å². The van der Waals surface area contributed by atoms with Crippen molar-refractivity contribution >= 4 is 28.4 Å². The highest BCUT2D eigenvalue weighted by molar-refractivity contribution is 6.26. The number of aliphatic hydroxyl groups is 1. The molecule has 0 radical (unpaired) electrons. The van der Waals surface area contributed by atoms with Gasteiger partial charge in [0.25, 0.3) is 0 Å². The number of imide groups is 1. The number of amides is 2. The molecule has 1 N–H and O–H groups in total. The molecule has 27 heavy (non-hydrogen) atoms. The smallest absolute Gasteiger partial charge is 0.240 e. The monoisotopic (exact) mass is 363 g/mol. The molecule has 2 bridgehead atoms. The van der Waals surface area contributed by atoms with Gasteiger partial charge in [0.15, 0.2) is 0 Å². The fourth-order valence-electron chi connectivity index (χ4n) is 5.20.